The number of hydrogen-bond donors (Lipinski definition) is 1. The molecule has 0 unspecified atom stereocenters. The van der Waals surface area contributed by atoms with Gasteiger partial charge in [-0.05, 0) is 54.2 Å². The van der Waals surface area contributed by atoms with E-state index in [4.69, 9.17) is 4.74 Å². The summed E-state index contributed by atoms with van der Waals surface area (Å²) in [7, 11) is -2.10. The highest BCUT2D eigenvalue weighted by Crippen LogP contribution is 2.37. The van der Waals surface area contributed by atoms with Gasteiger partial charge in [0.2, 0.25) is 10.0 Å². The van der Waals surface area contributed by atoms with Gasteiger partial charge in [0.1, 0.15) is 5.75 Å². The van der Waals surface area contributed by atoms with Crippen molar-refractivity contribution in [3.05, 3.63) is 96.1 Å². The lowest BCUT2D eigenvalue weighted by Gasteiger charge is -2.33. The Kier molecular flexibility index (Phi) is 6.74. The molecule has 9 heteroatoms. The van der Waals surface area contributed by atoms with Crippen LogP contribution in [0, 0.1) is 5.92 Å². The average molecular weight is 520 g/mol. The van der Waals surface area contributed by atoms with Crippen molar-refractivity contribution in [2.75, 3.05) is 26.7 Å². The van der Waals surface area contributed by atoms with Gasteiger partial charge in [-0.3, -0.25) is 9.69 Å². The van der Waals surface area contributed by atoms with Crippen molar-refractivity contribution in [3.63, 3.8) is 0 Å². The third-order valence-electron chi connectivity index (χ3n) is 7.23. The van der Waals surface area contributed by atoms with Crippen LogP contribution in [0.4, 0.5) is 4.79 Å². The van der Waals surface area contributed by atoms with E-state index in [0.29, 0.717) is 42.8 Å². The number of sulfonamides is 1. The van der Waals surface area contributed by atoms with Crippen LogP contribution in [0.25, 0.3) is 0 Å². The fourth-order valence-corrected chi connectivity index (χ4v) is 6.63. The van der Waals surface area contributed by atoms with Crippen molar-refractivity contribution in [2.24, 2.45) is 5.92 Å². The summed E-state index contributed by atoms with van der Waals surface area (Å²) in [5, 5.41) is 2.97. The first-order valence-electron chi connectivity index (χ1n) is 12.3. The third-order valence-corrected chi connectivity index (χ3v) is 9.14. The fourth-order valence-electron chi connectivity index (χ4n) is 5.16. The predicted molar refractivity (Wildman–Crippen MR) is 138 cm³/mol. The number of imide groups is 1. The maximum atomic E-state index is 13.9. The van der Waals surface area contributed by atoms with Gasteiger partial charge in [-0.2, -0.15) is 4.31 Å². The quantitative estimate of drug-likeness (QED) is 0.482. The van der Waals surface area contributed by atoms with Gasteiger partial charge in [-0.25, -0.2) is 13.2 Å². The molecule has 1 N–H and O–H groups in total. The summed E-state index contributed by atoms with van der Waals surface area (Å²) >= 11 is 0. The van der Waals surface area contributed by atoms with E-state index in [2.05, 4.69) is 5.32 Å². The zero-order chi connectivity index (χ0) is 26.0. The number of urea groups is 1. The van der Waals surface area contributed by atoms with Crippen molar-refractivity contribution in [1.29, 1.82) is 0 Å². The van der Waals surface area contributed by atoms with E-state index in [1.54, 1.807) is 24.3 Å². The lowest BCUT2D eigenvalue weighted by atomic mass is 9.82. The molecular formula is C28H29N3O5S. The van der Waals surface area contributed by atoms with E-state index in [-0.39, 0.29) is 23.3 Å². The van der Waals surface area contributed by atoms with Crippen LogP contribution in [0.15, 0.2) is 89.8 Å². The second-order valence-corrected chi connectivity index (χ2v) is 11.3. The minimum atomic E-state index is -3.63. The Bertz CT molecular complexity index is 1330. The Morgan fingerprint density at radius 3 is 1.92 bits per heavy atom. The predicted octanol–water partition coefficient (Wildman–Crippen LogP) is 3.59. The second kappa shape index (κ2) is 9.99. The van der Waals surface area contributed by atoms with E-state index in [9.17, 15) is 18.0 Å². The number of hydrogen-bond acceptors (Lipinski definition) is 5. The number of methoxy groups -OCH3 is 1. The molecule has 2 saturated heterocycles. The molecule has 0 bridgehead atoms. The van der Waals surface area contributed by atoms with Crippen molar-refractivity contribution in [3.8, 4) is 5.75 Å². The molecule has 3 amide bonds. The number of nitrogens with one attached hydrogen (secondary N) is 1. The molecule has 8 nitrogen and oxygen atoms in total. The van der Waals surface area contributed by atoms with Gasteiger partial charge in [-0.1, -0.05) is 60.7 Å². The molecule has 3 aromatic carbocycles. The minimum Gasteiger partial charge on any atom is -0.497 e. The molecule has 3 aromatic rings. The molecule has 2 heterocycles. The summed E-state index contributed by atoms with van der Waals surface area (Å²) in [4.78, 5) is 28.6. The number of nitrogens with zero attached hydrogens (tertiary/aromatic N) is 2. The molecule has 2 fully saturated rings. The average Bonchev–Trinajstić information content (AvgIpc) is 3.20. The van der Waals surface area contributed by atoms with Crippen LogP contribution in [0.5, 0.6) is 5.75 Å². The maximum absolute atomic E-state index is 13.9. The first-order valence-corrected chi connectivity index (χ1v) is 13.7. The highest BCUT2D eigenvalue weighted by molar-refractivity contribution is 7.89. The van der Waals surface area contributed by atoms with Gasteiger partial charge in [0.25, 0.3) is 5.91 Å². The Morgan fingerprint density at radius 1 is 0.865 bits per heavy atom. The highest BCUT2D eigenvalue weighted by Gasteiger charge is 2.54. The molecule has 2 aliphatic rings. The molecule has 0 radical (unpaired) electrons. The van der Waals surface area contributed by atoms with Crippen LogP contribution in [-0.2, 0) is 20.4 Å². The summed E-state index contributed by atoms with van der Waals surface area (Å²) in [5.74, 6) is 0.274. The van der Waals surface area contributed by atoms with Crippen LogP contribution in [0.3, 0.4) is 0 Å². The Hall–Kier alpha value is -3.69. The molecule has 5 rings (SSSR count). The lowest BCUT2D eigenvalue weighted by Crippen LogP contribution is -2.46. The van der Waals surface area contributed by atoms with Crippen LogP contribution in [0.1, 0.15) is 24.0 Å². The molecule has 2 aliphatic heterocycles. The summed E-state index contributed by atoms with van der Waals surface area (Å²) in [6.07, 6.45) is 1.10. The van der Waals surface area contributed by atoms with Crippen LogP contribution < -0.4 is 10.1 Å². The van der Waals surface area contributed by atoms with E-state index < -0.39 is 21.6 Å². The lowest BCUT2D eigenvalue weighted by molar-refractivity contribution is -0.130. The zero-order valence-electron chi connectivity index (χ0n) is 20.5. The third kappa shape index (κ3) is 4.49. The number of rotatable bonds is 7. The van der Waals surface area contributed by atoms with E-state index in [0.717, 1.165) is 0 Å². The van der Waals surface area contributed by atoms with Gasteiger partial charge in [0.05, 0.1) is 12.0 Å². The molecule has 0 aromatic heterocycles. The SMILES string of the molecule is COc1ccc(S(=O)(=O)N2CCC(CN3C(=O)NC(c4ccccc4)(c4ccccc4)C3=O)CC2)cc1. The van der Waals surface area contributed by atoms with Crippen molar-refractivity contribution >= 4 is 22.0 Å². The van der Waals surface area contributed by atoms with E-state index in [1.807, 2.05) is 60.7 Å². The monoisotopic (exact) mass is 519 g/mol. The largest absolute Gasteiger partial charge is 0.497 e. The smallest absolute Gasteiger partial charge is 0.325 e. The number of carbonyl (C=O) groups is 2. The van der Waals surface area contributed by atoms with Crippen molar-refractivity contribution < 1.29 is 22.7 Å². The molecule has 0 aliphatic carbocycles. The molecular weight excluding hydrogens is 490 g/mol. The summed E-state index contributed by atoms with van der Waals surface area (Å²) in [6, 6.07) is 24.4. The van der Waals surface area contributed by atoms with Gasteiger partial charge in [0, 0.05) is 19.6 Å². The number of amides is 3. The van der Waals surface area contributed by atoms with E-state index >= 15 is 0 Å². The first kappa shape index (κ1) is 25.0. The van der Waals surface area contributed by atoms with Gasteiger partial charge in [0.15, 0.2) is 5.54 Å². The molecule has 192 valence electrons. The first-order chi connectivity index (χ1) is 17.9. The summed E-state index contributed by atoms with van der Waals surface area (Å²) in [6.45, 7) is 0.888. The van der Waals surface area contributed by atoms with Crippen LogP contribution >= 0.6 is 0 Å². The second-order valence-electron chi connectivity index (χ2n) is 9.35. The minimum absolute atomic E-state index is 0.000589. The molecule has 0 spiro atoms. The van der Waals surface area contributed by atoms with Crippen molar-refractivity contribution in [1.82, 2.24) is 14.5 Å². The van der Waals surface area contributed by atoms with Crippen molar-refractivity contribution in [2.45, 2.75) is 23.3 Å². The molecule has 0 saturated carbocycles. The summed E-state index contributed by atoms with van der Waals surface area (Å²) in [5.41, 5.74) is 0.0998. The van der Waals surface area contributed by atoms with Gasteiger partial charge < -0.3 is 10.1 Å². The Morgan fingerprint density at radius 2 is 1.41 bits per heavy atom. The highest BCUT2D eigenvalue weighted by atomic mass is 32.2. The van der Waals surface area contributed by atoms with Gasteiger partial charge in [-0.15, -0.1) is 0 Å². The normalized spacial score (nSPS) is 18.6. The number of piperidine rings is 1. The number of ether oxygens (including phenoxy) is 1. The summed E-state index contributed by atoms with van der Waals surface area (Å²) < 4.78 is 32.8. The fraction of sp³-hybridized carbons (Fsp3) is 0.286. The molecule has 37 heavy (non-hydrogen) atoms. The topological polar surface area (TPSA) is 96.0 Å². The maximum Gasteiger partial charge on any atom is 0.325 e. The molecule has 0 atom stereocenters. The zero-order valence-corrected chi connectivity index (χ0v) is 21.4. The number of carbonyl (C=O) groups excluding carboxylic acids is 2. The Balaban J connectivity index is 1.31. The Labute approximate surface area is 216 Å². The van der Waals surface area contributed by atoms with Gasteiger partial charge >= 0.3 is 6.03 Å². The van der Waals surface area contributed by atoms with Crippen LogP contribution in [0.2, 0.25) is 0 Å². The number of benzene rings is 3. The standard InChI is InChI=1S/C28H29N3O5S/c1-36-24-12-14-25(15-13-24)37(34,35)30-18-16-21(17-19-30)20-31-26(32)28(29-27(31)33,22-8-4-2-5-9-22)23-10-6-3-7-11-23/h2-15,21H,16-20H2,1H3,(H,29,33). The van der Waals surface area contributed by atoms with E-state index in [1.165, 1.54) is 16.3 Å². The van der Waals surface area contributed by atoms with Crippen LogP contribution in [-0.4, -0.2) is 56.3 Å².